The van der Waals surface area contributed by atoms with Crippen molar-refractivity contribution in [3.8, 4) is 11.5 Å². The number of nitrogens with zero attached hydrogens (tertiary/aromatic N) is 1. The third-order valence-corrected chi connectivity index (χ3v) is 6.38. The lowest BCUT2D eigenvalue weighted by Gasteiger charge is -2.18. The first kappa shape index (κ1) is 20.2. The molecule has 150 valence electrons. The van der Waals surface area contributed by atoms with Crippen molar-refractivity contribution in [3.63, 3.8) is 0 Å². The van der Waals surface area contributed by atoms with Crippen LogP contribution < -0.4 is 14.8 Å². The Morgan fingerprint density at radius 2 is 1.75 bits per heavy atom. The second-order valence-electron chi connectivity index (χ2n) is 6.77. The third kappa shape index (κ3) is 4.45. The molecule has 1 N–H and O–H groups in total. The molecule has 0 saturated carbocycles. The van der Waals surface area contributed by atoms with Gasteiger partial charge in [-0.25, -0.2) is 8.42 Å². The van der Waals surface area contributed by atoms with Crippen LogP contribution in [0.15, 0.2) is 41.3 Å². The zero-order valence-corrected chi connectivity index (χ0v) is 17.0. The molecule has 3 rings (SSSR count). The Kier molecular flexibility index (Phi) is 5.90. The lowest BCUT2D eigenvalue weighted by Crippen LogP contribution is -2.35. The molecule has 0 unspecified atom stereocenters. The first-order chi connectivity index (χ1) is 13.3. The van der Waals surface area contributed by atoms with Gasteiger partial charge >= 0.3 is 0 Å². The van der Waals surface area contributed by atoms with E-state index in [-0.39, 0.29) is 11.4 Å². The quantitative estimate of drug-likeness (QED) is 0.828. The number of benzene rings is 2. The molecule has 28 heavy (non-hydrogen) atoms. The van der Waals surface area contributed by atoms with Crippen molar-refractivity contribution < 1.29 is 22.7 Å². The average molecular weight is 404 g/mol. The van der Waals surface area contributed by atoms with Gasteiger partial charge in [-0.05, 0) is 49.2 Å². The van der Waals surface area contributed by atoms with Gasteiger partial charge in [0.05, 0.1) is 24.7 Å². The number of carbonyl (C=O) groups excluding carboxylic acids is 1. The highest BCUT2D eigenvalue weighted by Gasteiger charge is 2.23. The topological polar surface area (TPSA) is 84.9 Å². The molecule has 1 aliphatic rings. The van der Waals surface area contributed by atoms with Gasteiger partial charge in [0.15, 0.2) is 11.5 Å². The molecule has 0 atom stereocenters. The number of likely N-dealkylation sites (N-methyl/N-ethyl adjacent to an activating group) is 1. The van der Waals surface area contributed by atoms with E-state index in [1.807, 2.05) is 13.8 Å². The number of amides is 1. The van der Waals surface area contributed by atoms with Crippen molar-refractivity contribution in [2.75, 3.05) is 32.1 Å². The van der Waals surface area contributed by atoms with Crippen LogP contribution in [0.25, 0.3) is 0 Å². The van der Waals surface area contributed by atoms with Crippen LogP contribution in [0.3, 0.4) is 0 Å². The largest absolute Gasteiger partial charge is 0.490 e. The maximum absolute atomic E-state index is 12.7. The Labute approximate surface area is 165 Å². The van der Waals surface area contributed by atoms with Crippen molar-refractivity contribution in [2.45, 2.75) is 25.2 Å². The summed E-state index contributed by atoms with van der Waals surface area (Å²) < 4.78 is 37.6. The number of rotatable bonds is 5. The van der Waals surface area contributed by atoms with E-state index in [1.54, 1.807) is 36.4 Å². The zero-order valence-electron chi connectivity index (χ0n) is 16.2. The summed E-state index contributed by atoms with van der Waals surface area (Å²) in [7, 11) is -2.37. The summed E-state index contributed by atoms with van der Waals surface area (Å²) in [5.41, 5.74) is 2.41. The minimum atomic E-state index is -3.76. The van der Waals surface area contributed by atoms with E-state index in [4.69, 9.17) is 9.47 Å². The Bertz CT molecular complexity index is 988. The monoisotopic (exact) mass is 404 g/mol. The summed E-state index contributed by atoms with van der Waals surface area (Å²) in [5, 5.41) is 2.71. The summed E-state index contributed by atoms with van der Waals surface area (Å²) in [5.74, 6) is 0.751. The van der Waals surface area contributed by atoms with Crippen molar-refractivity contribution in [1.82, 2.24) is 4.31 Å². The lowest BCUT2D eigenvalue weighted by molar-refractivity contribution is -0.116. The highest BCUT2D eigenvalue weighted by atomic mass is 32.2. The lowest BCUT2D eigenvalue weighted by atomic mass is 10.1. The SMILES string of the molecule is Cc1ccc(S(=O)(=O)N(C)CC(=O)Nc2ccc3c(c2)OCCCO3)cc1C. The van der Waals surface area contributed by atoms with Crippen LogP contribution >= 0.6 is 0 Å². The van der Waals surface area contributed by atoms with Crippen molar-refractivity contribution in [3.05, 3.63) is 47.5 Å². The number of fused-ring (bicyclic) bond motifs is 1. The Morgan fingerprint density at radius 3 is 2.46 bits per heavy atom. The fourth-order valence-electron chi connectivity index (χ4n) is 2.78. The normalized spacial score (nSPS) is 13.9. The molecule has 8 heteroatoms. The molecule has 1 amide bonds. The molecule has 1 aliphatic heterocycles. The summed E-state index contributed by atoms with van der Waals surface area (Å²) in [6.07, 6.45) is 0.789. The number of hydrogen-bond donors (Lipinski definition) is 1. The number of nitrogens with one attached hydrogen (secondary N) is 1. The smallest absolute Gasteiger partial charge is 0.243 e. The van der Waals surface area contributed by atoms with Gasteiger partial charge in [0.2, 0.25) is 15.9 Å². The van der Waals surface area contributed by atoms with E-state index in [0.29, 0.717) is 30.4 Å². The standard InChI is InChI=1S/C20H24N2O5S/c1-14-5-7-17(11-15(14)2)28(24,25)22(3)13-20(23)21-16-6-8-18-19(12-16)27-10-4-9-26-18/h5-8,11-12H,4,9-10,13H2,1-3H3,(H,21,23). The summed E-state index contributed by atoms with van der Waals surface area (Å²) >= 11 is 0. The Hall–Kier alpha value is -2.58. The van der Waals surface area contributed by atoms with E-state index >= 15 is 0 Å². The van der Waals surface area contributed by atoms with Gasteiger partial charge in [-0.1, -0.05) is 6.07 Å². The Balaban J connectivity index is 1.68. The highest BCUT2D eigenvalue weighted by molar-refractivity contribution is 7.89. The van der Waals surface area contributed by atoms with Gasteiger partial charge < -0.3 is 14.8 Å². The number of hydrogen-bond acceptors (Lipinski definition) is 5. The first-order valence-corrected chi connectivity index (χ1v) is 10.4. The second-order valence-corrected chi connectivity index (χ2v) is 8.81. The highest BCUT2D eigenvalue weighted by Crippen LogP contribution is 2.32. The molecule has 2 aromatic rings. The van der Waals surface area contributed by atoms with Crippen LogP contribution in [-0.4, -0.2) is 45.4 Å². The van der Waals surface area contributed by atoms with E-state index in [1.165, 1.54) is 7.05 Å². The van der Waals surface area contributed by atoms with E-state index in [2.05, 4.69) is 5.32 Å². The van der Waals surface area contributed by atoms with Crippen molar-refractivity contribution in [2.24, 2.45) is 0 Å². The van der Waals surface area contributed by atoms with Gasteiger partial charge in [-0.15, -0.1) is 0 Å². The summed E-state index contributed by atoms with van der Waals surface area (Å²) in [4.78, 5) is 12.5. The molecule has 2 aromatic carbocycles. The maximum atomic E-state index is 12.7. The molecule has 0 aliphatic carbocycles. The number of ether oxygens (including phenoxy) is 2. The zero-order chi connectivity index (χ0) is 20.3. The minimum Gasteiger partial charge on any atom is -0.490 e. The average Bonchev–Trinajstić information content (AvgIpc) is 2.88. The van der Waals surface area contributed by atoms with Gasteiger partial charge in [-0.2, -0.15) is 4.31 Å². The summed E-state index contributed by atoms with van der Waals surface area (Å²) in [6.45, 7) is 4.59. The molecule has 1 heterocycles. The van der Waals surface area contributed by atoms with Crippen LogP contribution in [0.5, 0.6) is 11.5 Å². The molecule has 0 radical (unpaired) electrons. The number of anilines is 1. The predicted molar refractivity (Wildman–Crippen MR) is 106 cm³/mol. The second kappa shape index (κ2) is 8.20. The maximum Gasteiger partial charge on any atom is 0.243 e. The summed E-state index contributed by atoms with van der Waals surface area (Å²) in [6, 6.07) is 10.0. The molecule has 0 aromatic heterocycles. The van der Waals surface area contributed by atoms with E-state index in [9.17, 15) is 13.2 Å². The first-order valence-electron chi connectivity index (χ1n) is 9.00. The molecule has 0 fully saturated rings. The van der Waals surface area contributed by atoms with Crippen LogP contribution in [0.1, 0.15) is 17.5 Å². The van der Waals surface area contributed by atoms with Crippen LogP contribution in [0.4, 0.5) is 5.69 Å². The molecular formula is C20H24N2O5S. The van der Waals surface area contributed by atoms with Crippen molar-refractivity contribution >= 4 is 21.6 Å². The van der Waals surface area contributed by atoms with Gasteiger partial charge in [-0.3, -0.25) is 4.79 Å². The third-order valence-electron chi connectivity index (χ3n) is 4.58. The van der Waals surface area contributed by atoms with E-state index < -0.39 is 15.9 Å². The number of aryl methyl sites for hydroxylation is 2. The predicted octanol–water partition coefficient (Wildman–Crippen LogP) is 2.72. The van der Waals surface area contributed by atoms with Gasteiger partial charge in [0.25, 0.3) is 0 Å². The van der Waals surface area contributed by atoms with Crippen LogP contribution in [0.2, 0.25) is 0 Å². The fourth-order valence-corrected chi connectivity index (χ4v) is 4.00. The molecule has 0 saturated heterocycles. The van der Waals surface area contributed by atoms with Gasteiger partial charge in [0.1, 0.15) is 0 Å². The van der Waals surface area contributed by atoms with Crippen LogP contribution in [-0.2, 0) is 14.8 Å². The van der Waals surface area contributed by atoms with E-state index in [0.717, 1.165) is 21.9 Å². The fraction of sp³-hybridized carbons (Fsp3) is 0.350. The number of carbonyl (C=O) groups is 1. The van der Waals surface area contributed by atoms with Crippen LogP contribution in [0, 0.1) is 13.8 Å². The van der Waals surface area contributed by atoms with Crippen molar-refractivity contribution in [1.29, 1.82) is 0 Å². The molecule has 7 nitrogen and oxygen atoms in total. The minimum absolute atomic E-state index is 0.168. The Morgan fingerprint density at radius 1 is 1.04 bits per heavy atom. The molecule has 0 bridgehead atoms. The number of sulfonamides is 1. The van der Waals surface area contributed by atoms with Gasteiger partial charge in [0, 0.05) is 25.2 Å². The molecular weight excluding hydrogens is 380 g/mol. The molecule has 0 spiro atoms.